The molecule has 0 unspecified atom stereocenters. The van der Waals surface area contributed by atoms with Crippen molar-refractivity contribution in [2.75, 3.05) is 32.8 Å². The van der Waals surface area contributed by atoms with Gasteiger partial charge in [-0.25, -0.2) is 4.98 Å². The molecule has 280 valence electrons. The van der Waals surface area contributed by atoms with Gasteiger partial charge in [0, 0.05) is 67.4 Å². The number of aromatic nitrogens is 1. The van der Waals surface area contributed by atoms with Crippen molar-refractivity contribution in [3.63, 3.8) is 0 Å². The molecule has 0 aliphatic carbocycles. The number of carbonyl (C=O) groups is 2. The van der Waals surface area contributed by atoms with Gasteiger partial charge in [-0.15, -0.1) is 17.0 Å². The first-order valence-electron chi connectivity index (χ1n) is 17.5. The summed E-state index contributed by atoms with van der Waals surface area (Å²) in [4.78, 5) is 33.1. The molecule has 0 saturated carbocycles. The highest BCUT2D eigenvalue weighted by molar-refractivity contribution is 8.93. The molecule has 4 aromatic carbocycles. The first kappa shape index (κ1) is 40.5. The number of aryl methyl sites for hydroxylation is 1. The highest BCUT2D eigenvalue weighted by Gasteiger charge is 2.20. The number of rotatable bonds is 14. The SMILES string of the molecule is Br.CC(=O)c1ccc(OCCc2ccc(CN3CCN(C(=O)C=Cc4cc(C)c(Oc5ccc(OCc6ccccc6Cl)cn5)c(Cl)c4)CC3)cc2)cc1. The van der Waals surface area contributed by atoms with Crippen molar-refractivity contribution in [2.24, 2.45) is 0 Å². The molecule has 1 aliphatic heterocycles. The largest absolute Gasteiger partial charge is 0.493 e. The lowest BCUT2D eigenvalue weighted by Crippen LogP contribution is -2.47. The predicted molar refractivity (Wildman–Crippen MR) is 220 cm³/mol. The minimum Gasteiger partial charge on any atom is -0.493 e. The maximum absolute atomic E-state index is 13.1. The van der Waals surface area contributed by atoms with Crippen molar-refractivity contribution < 1.29 is 23.8 Å². The molecule has 1 aliphatic rings. The van der Waals surface area contributed by atoms with Crippen molar-refractivity contribution in [3.8, 4) is 23.1 Å². The zero-order valence-corrected chi connectivity index (χ0v) is 33.4. The van der Waals surface area contributed by atoms with Gasteiger partial charge in [-0.1, -0.05) is 65.7 Å². The van der Waals surface area contributed by atoms with Crippen molar-refractivity contribution >= 4 is 57.9 Å². The van der Waals surface area contributed by atoms with Gasteiger partial charge >= 0.3 is 0 Å². The van der Waals surface area contributed by atoms with E-state index in [0.717, 1.165) is 48.5 Å². The van der Waals surface area contributed by atoms with Crippen LogP contribution in [-0.4, -0.2) is 59.3 Å². The summed E-state index contributed by atoms with van der Waals surface area (Å²) in [5, 5.41) is 1.07. The van der Waals surface area contributed by atoms with E-state index in [2.05, 4.69) is 34.1 Å². The third-order valence-electron chi connectivity index (χ3n) is 8.97. The molecule has 11 heteroatoms. The van der Waals surface area contributed by atoms with Crippen LogP contribution in [0.15, 0.2) is 109 Å². The number of Topliss-reactive ketones (excluding diaryl/α,β-unsaturated/α-hetero) is 1. The molecule has 5 aromatic rings. The van der Waals surface area contributed by atoms with Gasteiger partial charge in [-0.2, -0.15) is 0 Å². The number of hydrogen-bond acceptors (Lipinski definition) is 7. The average molecular weight is 832 g/mol. The number of halogens is 3. The highest BCUT2D eigenvalue weighted by atomic mass is 79.9. The second-order valence-corrected chi connectivity index (χ2v) is 13.7. The van der Waals surface area contributed by atoms with Crippen LogP contribution in [0.1, 0.15) is 45.1 Å². The molecular weight excluding hydrogens is 789 g/mol. The third kappa shape index (κ3) is 11.4. The van der Waals surface area contributed by atoms with Gasteiger partial charge in [0.15, 0.2) is 11.5 Å². The number of nitrogens with zero attached hydrogens (tertiary/aromatic N) is 3. The molecule has 54 heavy (non-hydrogen) atoms. The minimum absolute atomic E-state index is 0. The van der Waals surface area contributed by atoms with E-state index >= 15 is 0 Å². The molecule has 1 aromatic heterocycles. The Hall–Kier alpha value is -4.67. The van der Waals surface area contributed by atoms with Crippen LogP contribution in [0, 0.1) is 6.92 Å². The first-order chi connectivity index (χ1) is 25.7. The maximum atomic E-state index is 13.1. The summed E-state index contributed by atoms with van der Waals surface area (Å²) < 4.78 is 17.7. The number of amides is 1. The Morgan fingerprint density at radius 2 is 1.52 bits per heavy atom. The summed E-state index contributed by atoms with van der Waals surface area (Å²) in [5.74, 6) is 2.25. The Labute approximate surface area is 337 Å². The van der Waals surface area contributed by atoms with E-state index in [-0.39, 0.29) is 28.7 Å². The maximum Gasteiger partial charge on any atom is 0.246 e. The number of carbonyl (C=O) groups excluding carboxylic acids is 2. The van der Waals surface area contributed by atoms with E-state index < -0.39 is 0 Å². The quantitative estimate of drug-likeness (QED) is 0.0815. The number of hydrogen-bond donors (Lipinski definition) is 0. The van der Waals surface area contributed by atoms with Crippen LogP contribution in [0.5, 0.6) is 23.1 Å². The molecule has 0 bridgehead atoms. The molecule has 0 spiro atoms. The standard InChI is InChI=1S/C43H41Cl2N3O5.BrH/c1-30-25-34(26-40(45)43(30)53-41-17-16-38(27-46-41)52-29-36-5-3-4-6-39(36)44)11-18-42(50)48-22-20-47(21-23-48)28-33-9-7-32(8-10-33)19-24-51-37-14-12-35(13-15-37)31(2)49;/h3-18,25-27H,19-24,28-29H2,1-2H3;1H. The molecule has 0 N–H and O–H groups in total. The second-order valence-electron chi connectivity index (χ2n) is 12.9. The van der Waals surface area contributed by atoms with Gasteiger partial charge in [0.1, 0.15) is 18.1 Å². The Morgan fingerprint density at radius 3 is 2.19 bits per heavy atom. The molecule has 0 radical (unpaired) electrons. The van der Waals surface area contributed by atoms with Crippen LogP contribution >= 0.6 is 40.2 Å². The molecule has 1 saturated heterocycles. The predicted octanol–water partition coefficient (Wildman–Crippen LogP) is 9.83. The molecule has 0 atom stereocenters. The Bertz CT molecular complexity index is 2030. The molecule has 2 heterocycles. The summed E-state index contributed by atoms with van der Waals surface area (Å²) in [5.41, 5.74) is 5.63. The van der Waals surface area contributed by atoms with Gasteiger partial charge in [0.05, 0.1) is 17.8 Å². The number of benzene rings is 4. The van der Waals surface area contributed by atoms with Crippen LogP contribution in [0.3, 0.4) is 0 Å². The monoisotopic (exact) mass is 829 g/mol. The van der Waals surface area contributed by atoms with Crippen LogP contribution in [0.25, 0.3) is 6.08 Å². The van der Waals surface area contributed by atoms with Crippen molar-refractivity contribution in [3.05, 3.63) is 153 Å². The number of ketones is 1. The van der Waals surface area contributed by atoms with E-state index in [1.54, 1.807) is 55.6 Å². The van der Waals surface area contributed by atoms with Crippen LogP contribution in [0.2, 0.25) is 10.0 Å². The lowest BCUT2D eigenvalue weighted by atomic mass is 10.1. The van der Waals surface area contributed by atoms with Gasteiger partial charge in [-0.05, 0) is 90.7 Å². The van der Waals surface area contributed by atoms with Gasteiger partial charge in [0.2, 0.25) is 11.8 Å². The van der Waals surface area contributed by atoms with Crippen LogP contribution in [-0.2, 0) is 24.4 Å². The minimum atomic E-state index is -0.0267. The molecule has 6 rings (SSSR count). The van der Waals surface area contributed by atoms with E-state index in [9.17, 15) is 9.59 Å². The number of ether oxygens (including phenoxy) is 3. The van der Waals surface area contributed by atoms with Crippen LogP contribution < -0.4 is 14.2 Å². The van der Waals surface area contributed by atoms with E-state index in [1.807, 2.05) is 54.3 Å². The van der Waals surface area contributed by atoms with Crippen molar-refractivity contribution in [1.29, 1.82) is 0 Å². The fraction of sp³-hybridized carbons (Fsp3) is 0.233. The summed E-state index contributed by atoms with van der Waals surface area (Å²) in [6.45, 7) is 8.12. The first-order valence-corrected chi connectivity index (χ1v) is 18.3. The van der Waals surface area contributed by atoms with E-state index in [0.29, 0.717) is 59.3 Å². The Balaban J connectivity index is 0.00000561. The molecule has 1 fully saturated rings. The van der Waals surface area contributed by atoms with Gasteiger partial charge < -0.3 is 19.1 Å². The van der Waals surface area contributed by atoms with Crippen LogP contribution in [0.4, 0.5) is 0 Å². The summed E-state index contributed by atoms with van der Waals surface area (Å²) in [6, 6.07) is 30.6. The summed E-state index contributed by atoms with van der Waals surface area (Å²) >= 11 is 12.8. The smallest absolute Gasteiger partial charge is 0.246 e. The summed E-state index contributed by atoms with van der Waals surface area (Å²) in [6.07, 6.45) is 5.78. The zero-order chi connectivity index (χ0) is 37.2. The molecule has 1 amide bonds. The van der Waals surface area contributed by atoms with Crippen molar-refractivity contribution in [1.82, 2.24) is 14.8 Å². The fourth-order valence-electron chi connectivity index (χ4n) is 5.92. The topological polar surface area (TPSA) is 81.2 Å². The van der Waals surface area contributed by atoms with E-state index in [1.165, 1.54) is 11.1 Å². The number of pyridine rings is 1. The Kier molecular flexibility index (Phi) is 14.7. The fourth-order valence-corrected chi connectivity index (χ4v) is 6.42. The summed E-state index contributed by atoms with van der Waals surface area (Å²) in [7, 11) is 0. The molecule has 8 nitrogen and oxygen atoms in total. The second kappa shape index (κ2) is 19.6. The lowest BCUT2D eigenvalue weighted by Gasteiger charge is -2.34. The normalized spacial score (nSPS) is 13.0. The van der Waals surface area contributed by atoms with Gasteiger partial charge in [-0.3, -0.25) is 14.5 Å². The van der Waals surface area contributed by atoms with Crippen molar-refractivity contribution in [2.45, 2.75) is 33.4 Å². The van der Waals surface area contributed by atoms with E-state index in [4.69, 9.17) is 37.4 Å². The zero-order valence-electron chi connectivity index (χ0n) is 30.2. The number of piperazine rings is 1. The third-order valence-corrected chi connectivity index (χ3v) is 9.62. The van der Waals surface area contributed by atoms with Gasteiger partial charge in [0.25, 0.3) is 0 Å². The lowest BCUT2D eigenvalue weighted by molar-refractivity contribution is -0.127. The molecular formula is C43H42BrCl2N3O5. The average Bonchev–Trinajstić information content (AvgIpc) is 3.16. The Morgan fingerprint density at radius 1 is 0.815 bits per heavy atom. The highest BCUT2D eigenvalue weighted by Crippen LogP contribution is 2.34.